The van der Waals surface area contributed by atoms with Gasteiger partial charge in [0.15, 0.2) is 11.0 Å². The van der Waals surface area contributed by atoms with Crippen LogP contribution in [0.4, 0.5) is 0 Å². The molecule has 0 aliphatic rings. The highest BCUT2D eigenvalue weighted by Crippen LogP contribution is 2.30. The molecule has 0 aliphatic heterocycles. The van der Waals surface area contributed by atoms with Crippen LogP contribution >= 0.6 is 35.0 Å². The van der Waals surface area contributed by atoms with Gasteiger partial charge in [-0.25, -0.2) is 0 Å². The second-order valence-electron chi connectivity index (χ2n) is 5.98. The number of aromatic nitrogens is 3. The molecule has 5 nitrogen and oxygen atoms in total. The Morgan fingerprint density at radius 1 is 1.19 bits per heavy atom. The van der Waals surface area contributed by atoms with Gasteiger partial charge in [0.1, 0.15) is 0 Å². The molecular formula is C19H18Cl2N4OS. The molecule has 1 aromatic heterocycles. The lowest BCUT2D eigenvalue weighted by Crippen LogP contribution is -2.28. The smallest absolute Gasteiger partial charge is 0.230 e. The van der Waals surface area contributed by atoms with Crippen molar-refractivity contribution in [2.24, 2.45) is 7.05 Å². The van der Waals surface area contributed by atoms with E-state index < -0.39 is 0 Å². The van der Waals surface area contributed by atoms with Crippen LogP contribution in [0.3, 0.4) is 0 Å². The lowest BCUT2D eigenvalue weighted by molar-refractivity contribution is -0.119. The highest BCUT2D eigenvalue weighted by Gasteiger charge is 2.16. The van der Waals surface area contributed by atoms with Gasteiger partial charge in [0, 0.05) is 17.6 Å². The highest BCUT2D eigenvalue weighted by molar-refractivity contribution is 7.99. The summed E-state index contributed by atoms with van der Waals surface area (Å²) in [6.07, 6.45) is 0. The van der Waals surface area contributed by atoms with E-state index in [9.17, 15) is 4.79 Å². The molecule has 0 aliphatic carbocycles. The molecular weight excluding hydrogens is 403 g/mol. The molecule has 0 radical (unpaired) electrons. The molecule has 3 aromatic rings. The van der Waals surface area contributed by atoms with E-state index in [4.69, 9.17) is 23.2 Å². The Morgan fingerprint density at radius 3 is 2.63 bits per heavy atom. The number of benzene rings is 2. The molecule has 0 unspecified atom stereocenters. The normalized spacial score (nSPS) is 12.0. The Morgan fingerprint density at radius 2 is 1.93 bits per heavy atom. The first-order valence-electron chi connectivity index (χ1n) is 8.27. The van der Waals surface area contributed by atoms with E-state index >= 15 is 0 Å². The molecule has 1 N–H and O–H groups in total. The molecule has 2 aromatic carbocycles. The van der Waals surface area contributed by atoms with Gasteiger partial charge in [0.25, 0.3) is 0 Å². The topological polar surface area (TPSA) is 59.8 Å². The zero-order chi connectivity index (χ0) is 19.4. The van der Waals surface area contributed by atoms with Gasteiger partial charge in [-0.15, -0.1) is 10.2 Å². The van der Waals surface area contributed by atoms with Gasteiger partial charge < -0.3 is 9.88 Å². The average Bonchev–Trinajstić information content (AvgIpc) is 3.01. The van der Waals surface area contributed by atoms with Crippen molar-refractivity contribution < 1.29 is 4.79 Å². The van der Waals surface area contributed by atoms with Gasteiger partial charge in [-0.1, -0.05) is 65.3 Å². The molecule has 0 spiro atoms. The van der Waals surface area contributed by atoms with Crippen LogP contribution in [0, 0.1) is 0 Å². The molecule has 0 saturated heterocycles. The van der Waals surface area contributed by atoms with Crippen molar-refractivity contribution in [1.29, 1.82) is 0 Å². The minimum atomic E-state index is -0.0644. The predicted molar refractivity (Wildman–Crippen MR) is 110 cm³/mol. The summed E-state index contributed by atoms with van der Waals surface area (Å²) in [5, 5.41) is 13.1. The van der Waals surface area contributed by atoms with Crippen molar-refractivity contribution >= 4 is 40.9 Å². The van der Waals surface area contributed by atoms with Gasteiger partial charge in [-0.3, -0.25) is 4.79 Å². The third kappa shape index (κ3) is 4.83. The molecule has 1 amide bonds. The molecule has 0 fully saturated rings. The number of thioether (sulfide) groups is 1. The fraction of sp³-hybridized carbons (Fsp3) is 0.211. The van der Waals surface area contributed by atoms with E-state index in [1.807, 2.05) is 48.9 Å². The van der Waals surface area contributed by atoms with Crippen LogP contribution in [-0.4, -0.2) is 26.4 Å². The van der Waals surface area contributed by atoms with Gasteiger partial charge >= 0.3 is 0 Å². The zero-order valence-corrected chi connectivity index (χ0v) is 17.1. The van der Waals surface area contributed by atoms with E-state index in [1.54, 1.807) is 18.2 Å². The van der Waals surface area contributed by atoms with Crippen LogP contribution in [-0.2, 0) is 11.8 Å². The summed E-state index contributed by atoms with van der Waals surface area (Å²) in [5.74, 6) is 0.806. The fourth-order valence-corrected chi connectivity index (χ4v) is 3.80. The van der Waals surface area contributed by atoms with E-state index in [2.05, 4.69) is 15.5 Å². The second-order valence-corrected chi connectivity index (χ2v) is 7.76. The van der Waals surface area contributed by atoms with Crippen LogP contribution in [0.1, 0.15) is 18.5 Å². The van der Waals surface area contributed by atoms with Crippen LogP contribution in [0.25, 0.3) is 11.4 Å². The predicted octanol–water partition coefficient (Wildman–Crippen LogP) is 4.76. The Bertz CT molecular complexity index is 946. The second kappa shape index (κ2) is 8.78. The van der Waals surface area contributed by atoms with Crippen molar-refractivity contribution in [1.82, 2.24) is 20.1 Å². The number of nitrogens with one attached hydrogen (secondary N) is 1. The quantitative estimate of drug-likeness (QED) is 0.583. The van der Waals surface area contributed by atoms with Crippen molar-refractivity contribution in [2.45, 2.75) is 18.1 Å². The van der Waals surface area contributed by atoms with Crippen molar-refractivity contribution in [2.75, 3.05) is 5.75 Å². The van der Waals surface area contributed by atoms with Gasteiger partial charge in [0.05, 0.1) is 16.8 Å². The number of hydrogen-bond donors (Lipinski definition) is 1. The monoisotopic (exact) mass is 420 g/mol. The summed E-state index contributed by atoms with van der Waals surface area (Å²) < 4.78 is 1.81. The Hall–Kier alpha value is -2.02. The summed E-state index contributed by atoms with van der Waals surface area (Å²) in [4.78, 5) is 12.3. The maximum absolute atomic E-state index is 12.3. The molecule has 140 valence electrons. The van der Waals surface area contributed by atoms with Crippen molar-refractivity contribution in [3.63, 3.8) is 0 Å². The molecule has 1 heterocycles. The Labute approximate surface area is 172 Å². The number of halogens is 2. The average molecular weight is 421 g/mol. The van der Waals surface area contributed by atoms with Crippen LogP contribution < -0.4 is 5.32 Å². The maximum atomic E-state index is 12.3. The standard InChI is InChI=1S/C19H18Cl2N4OS/c1-12(13-6-4-3-5-7-13)22-17(26)11-27-19-24-23-18(25(19)2)15-9-8-14(20)10-16(15)21/h3-10,12H,11H2,1-2H3,(H,22,26)/t12-/m1/s1. The molecule has 3 rings (SSSR count). The van der Waals surface area contributed by atoms with E-state index in [-0.39, 0.29) is 17.7 Å². The summed E-state index contributed by atoms with van der Waals surface area (Å²) >= 11 is 13.5. The highest BCUT2D eigenvalue weighted by atomic mass is 35.5. The minimum absolute atomic E-state index is 0.0535. The third-order valence-corrected chi connectivity index (χ3v) is 5.58. The summed E-state index contributed by atoms with van der Waals surface area (Å²) in [6.45, 7) is 1.96. The first-order chi connectivity index (χ1) is 13.0. The summed E-state index contributed by atoms with van der Waals surface area (Å²) in [6, 6.07) is 15.0. The van der Waals surface area contributed by atoms with E-state index in [1.165, 1.54) is 11.8 Å². The molecule has 8 heteroatoms. The fourth-order valence-electron chi connectivity index (χ4n) is 2.58. The number of rotatable bonds is 6. The first kappa shape index (κ1) is 19.7. The van der Waals surface area contributed by atoms with Crippen LogP contribution in [0.5, 0.6) is 0 Å². The van der Waals surface area contributed by atoms with E-state index in [0.717, 1.165) is 11.1 Å². The third-order valence-electron chi connectivity index (χ3n) is 4.02. The zero-order valence-electron chi connectivity index (χ0n) is 14.8. The van der Waals surface area contributed by atoms with Gasteiger partial charge in [-0.05, 0) is 30.7 Å². The van der Waals surface area contributed by atoms with Crippen molar-refractivity contribution in [3.8, 4) is 11.4 Å². The lowest BCUT2D eigenvalue weighted by Gasteiger charge is -2.14. The Balaban J connectivity index is 1.63. The van der Waals surface area contributed by atoms with Gasteiger partial charge in [-0.2, -0.15) is 0 Å². The number of carbonyl (C=O) groups is 1. The van der Waals surface area contributed by atoms with Crippen LogP contribution in [0.15, 0.2) is 53.7 Å². The first-order valence-corrected chi connectivity index (χ1v) is 10.0. The van der Waals surface area contributed by atoms with E-state index in [0.29, 0.717) is 21.0 Å². The van der Waals surface area contributed by atoms with Gasteiger partial charge in [0.2, 0.25) is 5.91 Å². The number of hydrogen-bond acceptors (Lipinski definition) is 4. The largest absolute Gasteiger partial charge is 0.349 e. The lowest BCUT2D eigenvalue weighted by atomic mass is 10.1. The molecule has 0 saturated carbocycles. The number of carbonyl (C=O) groups excluding carboxylic acids is 1. The van der Waals surface area contributed by atoms with Crippen LogP contribution in [0.2, 0.25) is 10.0 Å². The summed E-state index contributed by atoms with van der Waals surface area (Å²) in [7, 11) is 1.84. The minimum Gasteiger partial charge on any atom is -0.349 e. The molecule has 0 bridgehead atoms. The SMILES string of the molecule is C[C@@H](NC(=O)CSc1nnc(-c2ccc(Cl)cc2Cl)n1C)c1ccccc1. The Kier molecular flexibility index (Phi) is 6.42. The molecule has 27 heavy (non-hydrogen) atoms. The number of nitrogens with zero attached hydrogens (tertiary/aromatic N) is 3. The summed E-state index contributed by atoms with van der Waals surface area (Å²) in [5.41, 5.74) is 1.80. The maximum Gasteiger partial charge on any atom is 0.230 e. The number of amides is 1. The molecule has 1 atom stereocenters. The van der Waals surface area contributed by atoms with Crippen molar-refractivity contribution in [3.05, 3.63) is 64.1 Å².